The zero-order chi connectivity index (χ0) is 12.8. The number of benzene rings is 1. The molecule has 18 heavy (non-hydrogen) atoms. The first-order chi connectivity index (χ1) is 8.79. The summed E-state index contributed by atoms with van der Waals surface area (Å²) in [6.45, 7) is 0.818. The molecule has 4 heteroatoms. The van der Waals surface area contributed by atoms with Crippen LogP contribution in [-0.4, -0.2) is 28.9 Å². The van der Waals surface area contributed by atoms with Crippen molar-refractivity contribution >= 4 is 5.82 Å². The van der Waals surface area contributed by atoms with Gasteiger partial charge >= 0.3 is 0 Å². The van der Waals surface area contributed by atoms with E-state index in [1.807, 2.05) is 31.3 Å². The summed E-state index contributed by atoms with van der Waals surface area (Å²) in [6.07, 6.45) is 0.973. The van der Waals surface area contributed by atoms with Crippen molar-refractivity contribution in [1.29, 1.82) is 0 Å². The molecule has 1 aromatic heterocycles. The minimum Gasteiger partial charge on any atom is -0.390 e. The molecule has 94 valence electrons. The van der Waals surface area contributed by atoms with E-state index >= 15 is 0 Å². The van der Waals surface area contributed by atoms with Crippen LogP contribution in [0.1, 0.15) is 11.3 Å². The van der Waals surface area contributed by atoms with Crippen LogP contribution < -0.4 is 4.90 Å². The molecule has 0 amide bonds. The fraction of sp³-hybridized carbons (Fsp3) is 0.286. The SMILES string of the molecule is CN(CCc1ccccc1)c1ccc(CO)nn1. The van der Waals surface area contributed by atoms with Gasteiger partial charge in [-0.2, -0.15) is 5.10 Å². The maximum atomic E-state index is 8.90. The topological polar surface area (TPSA) is 49.2 Å². The van der Waals surface area contributed by atoms with Crippen LogP contribution in [0.2, 0.25) is 0 Å². The molecule has 0 unspecified atom stereocenters. The van der Waals surface area contributed by atoms with Gasteiger partial charge in [0.15, 0.2) is 5.82 Å². The number of aliphatic hydroxyl groups excluding tert-OH is 1. The lowest BCUT2D eigenvalue weighted by Crippen LogP contribution is -2.21. The normalized spacial score (nSPS) is 10.3. The predicted octanol–water partition coefficient (Wildman–Crippen LogP) is 1.65. The molecule has 0 spiro atoms. The molecule has 0 fully saturated rings. The monoisotopic (exact) mass is 243 g/mol. The number of nitrogens with zero attached hydrogens (tertiary/aromatic N) is 3. The van der Waals surface area contributed by atoms with E-state index in [9.17, 15) is 0 Å². The van der Waals surface area contributed by atoms with E-state index in [0.29, 0.717) is 5.69 Å². The second-order valence-corrected chi connectivity index (χ2v) is 4.20. The molecule has 2 rings (SSSR count). The summed E-state index contributed by atoms with van der Waals surface area (Å²) in [4.78, 5) is 2.06. The fourth-order valence-corrected chi connectivity index (χ4v) is 1.70. The van der Waals surface area contributed by atoms with Crippen molar-refractivity contribution in [2.45, 2.75) is 13.0 Å². The minimum atomic E-state index is -0.0684. The first-order valence-electron chi connectivity index (χ1n) is 5.98. The van der Waals surface area contributed by atoms with E-state index in [1.54, 1.807) is 6.07 Å². The molecule has 0 aliphatic heterocycles. The molecule has 1 N–H and O–H groups in total. The standard InChI is InChI=1S/C14H17N3O/c1-17(10-9-12-5-3-2-4-6-12)14-8-7-13(11-18)15-16-14/h2-8,18H,9-11H2,1H3. The smallest absolute Gasteiger partial charge is 0.150 e. The molecule has 1 heterocycles. The van der Waals surface area contributed by atoms with Crippen LogP contribution in [0, 0.1) is 0 Å². The molecule has 0 saturated carbocycles. The molecule has 4 nitrogen and oxygen atoms in total. The van der Waals surface area contributed by atoms with Gasteiger partial charge in [0.1, 0.15) is 0 Å². The third-order valence-corrected chi connectivity index (χ3v) is 2.84. The van der Waals surface area contributed by atoms with Gasteiger partial charge in [-0.25, -0.2) is 0 Å². The van der Waals surface area contributed by atoms with Crippen LogP contribution in [0.3, 0.4) is 0 Å². The number of hydrogen-bond acceptors (Lipinski definition) is 4. The molecule has 0 radical (unpaired) electrons. The summed E-state index contributed by atoms with van der Waals surface area (Å²) in [5, 5.41) is 16.9. The Kier molecular flexibility index (Phi) is 4.25. The minimum absolute atomic E-state index is 0.0684. The molecule has 0 aliphatic rings. The van der Waals surface area contributed by atoms with E-state index in [1.165, 1.54) is 5.56 Å². The van der Waals surface area contributed by atoms with Crippen molar-refractivity contribution < 1.29 is 5.11 Å². The predicted molar refractivity (Wildman–Crippen MR) is 71.4 cm³/mol. The summed E-state index contributed by atoms with van der Waals surface area (Å²) in [6, 6.07) is 14.0. The Morgan fingerprint density at radius 1 is 1.06 bits per heavy atom. The highest BCUT2D eigenvalue weighted by Gasteiger charge is 2.03. The van der Waals surface area contributed by atoms with Gasteiger partial charge in [-0.3, -0.25) is 0 Å². The van der Waals surface area contributed by atoms with Crippen LogP contribution in [0.25, 0.3) is 0 Å². The van der Waals surface area contributed by atoms with Gasteiger partial charge in [-0.1, -0.05) is 30.3 Å². The second kappa shape index (κ2) is 6.12. The summed E-state index contributed by atoms with van der Waals surface area (Å²) in [5.74, 6) is 0.822. The number of aliphatic hydroxyl groups is 1. The van der Waals surface area contributed by atoms with Crippen LogP contribution >= 0.6 is 0 Å². The van der Waals surface area contributed by atoms with E-state index in [2.05, 4.69) is 27.2 Å². The number of rotatable bonds is 5. The Labute approximate surface area is 107 Å². The fourth-order valence-electron chi connectivity index (χ4n) is 1.70. The molecule has 1 aromatic carbocycles. The maximum absolute atomic E-state index is 8.90. The van der Waals surface area contributed by atoms with Crippen molar-refractivity contribution in [2.75, 3.05) is 18.5 Å². The molecule has 0 saturated heterocycles. The molecule has 2 aromatic rings. The van der Waals surface area contributed by atoms with Crippen LogP contribution in [-0.2, 0) is 13.0 Å². The highest BCUT2D eigenvalue weighted by Crippen LogP contribution is 2.09. The summed E-state index contributed by atoms with van der Waals surface area (Å²) < 4.78 is 0. The Bertz CT molecular complexity index is 470. The van der Waals surface area contributed by atoms with Gasteiger partial charge < -0.3 is 10.0 Å². The second-order valence-electron chi connectivity index (χ2n) is 4.20. The summed E-state index contributed by atoms with van der Waals surface area (Å²) in [5.41, 5.74) is 1.90. The van der Waals surface area contributed by atoms with Crippen molar-refractivity contribution in [3.63, 3.8) is 0 Å². The van der Waals surface area contributed by atoms with Gasteiger partial charge in [0.05, 0.1) is 12.3 Å². The Balaban J connectivity index is 1.93. The summed E-state index contributed by atoms with van der Waals surface area (Å²) >= 11 is 0. The zero-order valence-electron chi connectivity index (χ0n) is 10.5. The number of hydrogen-bond donors (Lipinski definition) is 1. The van der Waals surface area contributed by atoms with Gasteiger partial charge in [0.2, 0.25) is 0 Å². The van der Waals surface area contributed by atoms with E-state index < -0.39 is 0 Å². The number of anilines is 1. The average molecular weight is 243 g/mol. The first-order valence-corrected chi connectivity index (χ1v) is 5.98. The Hall–Kier alpha value is -1.94. The van der Waals surface area contributed by atoms with Crippen LogP contribution in [0.4, 0.5) is 5.82 Å². The highest BCUT2D eigenvalue weighted by atomic mass is 16.3. The third-order valence-electron chi connectivity index (χ3n) is 2.84. The lowest BCUT2D eigenvalue weighted by Gasteiger charge is -2.17. The summed E-state index contributed by atoms with van der Waals surface area (Å²) in [7, 11) is 1.99. The van der Waals surface area contributed by atoms with Crippen LogP contribution in [0.5, 0.6) is 0 Å². The van der Waals surface area contributed by atoms with Gasteiger partial charge in [-0.05, 0) is 24.1 Å². The van der Waals surface area contributed by atoms with Crippen molar-refractivity contribution in [3.8, 4) is 0 Å². The van der Waals surface area contributed by atoms with Gasteiger partial charge in [-0.15, -0.1) is 5.10 Å². The van der Waals surface area contributed by atoms with E-state index in [4.69, 9.17) is 5.11 Å². The van der Waals surface area contributed by atoms with E-state index in [-0.39, 0.29) is 6.61 Å². The largest absolute Gasteiger partial charge is 0.390 e. The number of aromatic nitrogens is 2. The van der Waals surface area contributed by atoms with Crippen molar-refractivity contribution in [2.24, 2.45) is 0 Å². The molecule has 0 bridgehead atoms. The van der Waals surface area contributed by atoms with E-state index in [0.717, 1.165) is 18.8 Å². The quantitative estimate of drug-likeness (QED) is 0.867. The first kappa shape index (κ1) is 12.5. The van der Waals surface area contributed by atoms with Gasteiger partial charge in [0.25, 0.3) is 0 Å². The lowest BCUT2D eigenvalue weighted by molar-refractivity contribution is 0.275. The molecule has 0 aliphatic carbocycles. The van der Waals surface area contributed by atoms with Gasteiger partial charge in [0, 0.05) is 13.6 Å². The molecular formula is C14H17N3O. The average Bonchev–Trinajstić information content (AvgIpc) is 2.46. The maximum Gasteiger partial charge on any atom is 0.150 e. The Morgan fingerprint density at radius 2 is 1.83 bits per heavy atom. The van der Waals surface area contributed by atoms with Crippen LogP contribution in [0.15, 0.2) is 42.5 Å². The number of likely N-dealkylation sites (N-methyl/N-ethyl adjacent to an activating group) is 1. The molecular weight excluding hydrogens is 226 g/mol. The Morgan fingerprint density at radius 3 is 2.44 bits per heavy atom. The highest BCUT2D eigenvalue weighted by molar-refractivity contribution is 5.36. The lowest BCUT2D eigenvalue weighted by atomic mass is 10.1. The zero-order valence-corrected chi connectivity index (χ0v) is 10.5. The van der Waals surface area contributed by atoms with Crippen molar-refractivity contribution in [1.82, 2.24) is 10.2 Å². The van der Waals surface area contributed by atoms with Crippen molar-refractivity contribution in [3.05, 3.63) is 53.7 Å². The third kappa shape index (κ3) is 3.28. The molecule has 0 atom stereocenters.